The van der Waals surface area contributed by atoms with Gasteiger partial charge in [-0.2, -0.15) is 15.3 Å². The molecule has 1 aromatic heterocycles. The zero-order valence-electron chi connectivity index (χ0n) is 16.3. The van der Waals surface area contributed by atoms with E-state index in [0.717, 1.165) is 30.4 Å². The highest BCUT2D eigenvalue weighted by atomic mass is 15.3. The van der Waals surface area contributed by atoms with Crippen molar-refractivity contribution < 1.29 is 0 Å². The number of hydrogen-bond donors (Lipinski definition) is 2. The fraction of sp³-hybridized carbons (Fsp3) is 0.273. The summed E-state index contributed by atoms with van der Waals surface area (Å²) in [5, 5.41) is 23.4. The Kier molecular flexibility index (Phi) is 5.52. The van der Waals surface area contributed by atoms with Crippen molar-refractivity contribution in [3.05, 3.63) is 60.3 Å². The lowest BCUT2D eigenvalue weighted by Crippen LogP contribution is -2.32. The van der Waals surface area contributed by atoms with Crippen molar-refractivity contribution in [3.63, 3.8) is 0 Å². The van der Waals surface area contributed by atoms with Crippen LogP contribution < -0.4 is 15.5 Å². The van der Waals surface area contributed by atoms with Crippen molar-refractivity contribution in [3.8, 4) is 6.07 Å². The second kappa shape index (κ2) is 8.57. The molecule has 7 heteroatoms. The molecule has 29 heavy (non-hydrogen) atoms. The summed E-state index contributed by atoms with van der Waals surface area (Å²) >= 11 is 0. The summed E-state index contributed by atoms with van der Waals surface area (Å²) in [5.74, 6) is 1.78. The third-order valence-corrected chi connectivity index (χ3v) is 5.10. The van der Waals surface area contributed by atoms with E-state index in [2.05, 4.69) is 68.0 Å². The van der Waals surface area contributed by atoms with Crippen LogP contribution in [0.15, 0.2) is 54.7 Å². The van der Waals surface area contributed by atoms with Gasteiger partial charge in [0.05, 0.1) is 17.8 Å². The van der Waals surface area contributed by atoms with E-state index >= 15 is 0 Å². The average Bonchev–Trinajstić information content (AvgIpc) is 2.75. The second-order valence-corrected chi connectivity index (χ2v) is 7.32. The molecule has 4 rings (SSSR count). The first-order valence-electron chi connectivity index (χ1n) is 9.78. The molecule has 0 aliphatic carbocycles. The number of rotatable bonds is 5. The Morgan fingerprint density at radius 1 is 1.03 bits per heavy atom. The third kappa shape index (κ3) is 4.79. The van der Waals surface area contributed by atoms with Crippen LogP contribution in [0.25, 0.3) is 0 Å². The number of anilines is 5. The molecule has 146 valence electrons. The Bertz CT molecular complexity index is 1000. The maximum atomic E-state index is 9.02. The van der Waals surface area contributed by atoms with Crippen molar-refractivity contribution in [1.82, 2.24) is 15.2 Å². The standard InChI is InChI=1S/C22H23N7/c1-16-9-11-29(12-10-16)20-7-5-18(6-8-20)25-21-15-24-28-22(27-21)26-19-4-2-3-17(13-19)14-23/h2-8,13,15-16H,9-12H2,1H3,(H2,25,26,27,28). The van der Waals surface area contributed by atoms with E-state index in [1.54, 1.807) is 24.4 Å². The summed E-state index contributed by atoms with van der Waals surface area (Å²) in [4.78, 5) is 6.89. The molecule has 1 fully saturated rings. The smallest absolute Gasteiger partial charge is 0.249 e. The molecule has 2 aromatic carbocycles. The lowest BCUT2D eigenvalue weighted by molar-refractivity contribution is 0.438. The van der Waals surface area contributed by atoms with Gasteiger partial charge in [-0.25, -0.2) is 0 Å². The number of aromatic nitrogens is 3. The molecular weight excluding hydrogens is 362 g/mol. The molecule has 7 nitrogen and oxygen atoms in total. The molecule has 0 saturated carbocycles. The number of nitrogens with zero attached hydrogens (tertiary/aromatic N) is 5. The number of nitriles is 1. The lowest BCUT2D eigenvalue weighted by Gasteiger charge is -2.32. The predicted octanol–water partition coefficient (Wildman–Crippen LogP) is 4.47. The summed E-state index contributed by atoms with van der Waals surface area (Å²) in [5.41, 5.74) is 3.50. The molecule has 2 heterocycles. The second-order valence-electron chi connectivity index (χ2n) is 7.32. The maximum absolute atomic E-state index is 9.02. The molecule has 1 aliphatic rings. The lowest BCUT2D eigenvalue weighted by atomic mass is 9.99. The maximum Gasteiger partial charge on any atom is 0.249 e. The van der Waals surface area contributed by atoms with Gasteiger partial charge in [-0.1, -0.05) is 13.0 Å². The van der Waals surface area contributed by atoms with E-state index < -0.39 is 0 Å². The van der Waals surface area contributed by atoms with Gasteiger partial charge in [0, 0.05) is 30.2 Å². The van der Waals surface area contributed by atoms with Crippen LogP contribution in [0.5, 0.6) is 0 Å². The first kappa shape index (κ1) is 18.7. The van der Waals surface area contributed by atoms with Gasteiger partial charge in [0.15, 0.2) is 5.82 Å². The van der Waals surface area contributed by atoms with E-state index in [1.807, 2.05) is 6.07 Å². The minimum Gasteiger partial charge on any atom is -0.372 e. The molecule has 0 bridgehead atoms. The molecule has 0 radical (unpaired) electrons. The van der Waals surface area contributed by atoms with Crippen molar-refractivity contribution in [2.75, 3.05) is 28.6 Å². The monoisotopic (exact) mass is 385 g/mol. The Hall–Kier alpha value is -3.66. The van der Waals surface area contributed by atoms with E-state index in [9.17, 15) is 0 Å². The summed E-state index contributed by atoms with van der Waals surface area (Å²) in [6.45, 7) is 4.56. The molecule has 0 amide bonds. The average molecular weight is 385 g/mol. The predicted molar refractivity (Wildman–Crippen MR) is 115 cm³/mol. The highest BCUT2D eigenvalue weighted by molar-refractivity contribution is 5.62. The Morgan fingerprint density at radius 2 is 1.83 bits per heavy atom. The first-order chi connectivity index (χ1) is 14.2. The molecule has 2 N–H and O–H groups in total. The van der Waals surface area contributed by atoms with Crippen LogP contribution in [0.1, 0.15) is 25.3 Å². The van der Waals surface area contributed by atoms with Crippen LogP contribution in [0.3, 0.4) is 0 Å². The third-order valence-electron chi connectivity index (χ3n) is 5.10. The molecule has 0 spiro atoms. The van der Waals surface area contributed by atoms with Gasteiger partial charge in [0.1, 0.15) is 0 Å². The van der Waals surface area contributed by atoms with Crippen LogP contribution in [0.2, 0.25) is 0 Å². The number of piperidine rings is 1. The van der Waals surface area contributed by atoms with Gasteiger partial charge < -0.3 is 15.5 Å². The topological polar surface area (TPSA) is 89.8 Å². The van der Waals surface area contributed by atoms with E-state index in [1.165, 1.54) is 18.5 Å². The van der Waals surface area contributed by atoms with Gasteiger partial charge in [-0.3, -0.25) is 0 Å². The van der Waals surface area contributed by atoms with Crippen molar-refractivity contribution in [1.29, 1.82) is 5.26 Å². The number of benzene rings is 2. The largest absolute Gasteiger partial charge is 0.372 e. The summed E-state index contributed by atoms with van der Waals surface area (Å²) < 4.78 is 0. The van der Waals surface area contributed by atoms with E-state index in [0.29, 0.717) is 17.3 Å². The zero-order chi connectivity index (χ0) is 20.1. The van der Waals surface area contributed by atoms with Crippen LogP contribution in [0, 0.1) is 17.2 Å². The Labute approximate surface area is 170 Å². The molecule has 0 unspecified atom stereocenters. The summed E-state index contributed by atoms with van der Waals surface area (Å²) in [6.07, 6.45) is 4.08. The SMILES string of the molecule is CC1CCN(c2ccc(Nc3cnnc(Nc4cccc(C#N)c4)n3)cc2)CC1. The normalized spacial score (nSPS) is 14.3. The minimum atomic E-state index is 0.365. The molecule has 1 aliphatic heterocycles. The van der Waals surface area contributed by atoms with Gasteiger partial charge in [-0.05, 0) is 61.2 Å². The van der Waals surface area contributed by atoms with Crippen LogP contribution in [-0.4, -0.2) is 28.3 Å². The van der Waals surface area contributed by atoms with Crippen molar-refractivity contribution >= 4 is 28.8 Å². The first-order valence-corrected chi connectivity index (χ1v) is 9.78. The number of nitrogens with one attached hydrogen (secondary N) is 2. The van der Waals surface area contributed by atoms with Gasteiger partial charge in [0.25, 0.3) is 0 Å². The number of hydrogen-bond acceptors (Lipinski definition) is 7. The minimum absolute atomic E-state index is 0.365. The zero-order valence-corrected chi connectivity index (χ0v) is 16.3. The van der Waals surface area contributed by atoms with Gasteiger partial charge in [-0.15, -0.1) is 5.10 Å². The highest BCUT2D eigenvalue weighted by Crippen LogP contribution is 2.25. The fourth-order valence-corrected chi connectivity index (χ4v) is 3.38. The quantitative estimate of drug-likeness (QED) is 0.670. The highest BCUT2D eigenvalue weighted by Gasteiger charge is 2.15. The molecular formula is C22H23N7. The fourth-order valence-electron chi connectivity index (χ4n) is 3.38. The van der Waals surface area contributed by atoms with Gasteiger partial charge in [0.2, 0.25) is 5.95 Å². The Balaban J connectivity index is 1.42. The Morgan fingerprint density at radius 3 is 2.59 bits per heavy atom. The van der Waals surface area contributed by atoms with E-state index in [-0.39, 0.29) is 0 Å². The summed E-state index contributed by atoms with van der Waals surface area (Å²) in [6, 6.07) is 17.6. The van der Waals surface area contributed by atoms with Gasteiger partial charge >= 0.3 is 0 Å². The van der Waals surface area contributed by atoms with Crippen LogP contribution in [0.4, 0.5) is 28.8 Å². The van der Waals surface area contributed by atoms with Crippen molar-refractivity contribution in [2.45, 2.75) is 19.8 Å². The molecule has 1 saturated heterocycles. The van der Waals surface area contributed by atoms with E-state index in [4.69, 9.17) is 5.26 Å². The molecule has 0 atom stereocenters. The molecule has 3 aromatic rings. The summed E-state index contributed by atoms with van der Waals surface area (Å²) in [7, 11) is 0. The van der Waals surface area contributed by atoms with Crippen LogP contribution in [-0.2, 0) is 0 Å². The van der Waals surface area contributed by atoms with Crippen molar-refractivity contribution in [2.24, 2.45) is 5.92 Å². The van der Waals surface area contributed by atoms with Crippen LogP contribution >= 0.6 is 0 Å².